The molecule has 1 aromatic heterocycles. The van der Waals surface area contributed by atoms with Gasteiger partial charge in [-0.1, -0.05) is 23.9 Å². The third kappa shape index (κ3) is 5.66. The summed E-state index contributed by atoms with van der Waals surface area (Å²) in [5.41, 5.74) is 5.41. The summed E-state index contributed by atoms with van der Waals surface area (Å²) < 4.78 is 4.64. The number of aryl methyl sites for hydroxylation is 2. The van der Waals surface area contributed by atoms with Crippen LogP contribution in [0.5, 0.6) is 0 Å². The number of carbonyl (C=O) groups excluding carboxylic acids is 2. The molecular formula is C18H20N4O3S. The summed E-state index contributed by atoms with van der Waals surface area (Å²) in [4.78, 5) is 32.1. The topological polar surface area (TPSA) is 93.5 Å². The number of esters is 1. The highest BCUT2D eigenvalue weighted by molar-refractivity contribution is 8.00. The van der Waals surface area contributed by atoms with Gasteiger partial charge in [0.05, 0.1) is 24.1 Å². The maximum Gasteiger partial charge on any atom is 0.337 e. The number of hydrogen-bond acceptors (Lipinski definition) is 7. The maximum absolute atomic E-state index is 12.1. The molecule has 0 bridgehead atoms. The predicted molar refractivity (Wildman–Crippen MR) is 100 cm³/mol. The molecule has 0 aliphatic carbocycles. The van der Waals surface area contributed by atoms with Crippen LogP contribution in [0.25, 0.3) is 0 Å². The van der Waals surface area contributed by atoms with Gasteiger partial charge in [-0.2, -0.15) is 5.10 Å². The Hall–Kier alpha value is -2.74. The van der Waals surface area contributed by atoms with Gasteiger partial charge in [0.25, 0.3) is 5.91 Å². The molecule has 1 atom stereocenters. The lowest BCUT2D eigenvalue weighted by Crippen LogP contribution is -2.27. The molecule has 0 radical (unpaired) electrons. The number of ether oxygens (including phenoxy) is 1. The highest BCUT2D eigenvalue weighted by atomic mass is 32.2. The fraction of sp³-hybridized carbons (Fsp3) is 0.278. The van der Waals surface area contributed by atoms with E-state index in [9.17, 15) is 9.59 Å². The van der Waals surface area contributed by atoms with E-state index >= 15 is 0 Å². The summed E-state index contributed by atoms with van der Waals surface area (Å²) in [5, 5.41) is 4.11. The molecule has 7 nitrogen and oxygen atoms in total. The molecule has 26 heavy (non-hydrogen) atoms. The van der Waals surface area contributed by atoms with Crippen LogP contribution in [-0.4, -0.2) is 40.4 Å². The Morgan fingerprint density at radius 1 is 1.19 bits per heavy atom. The third-order valence-electron chi connectivity index (χ3n) is 3.33. The number of amides is 1. The van der Waals surface area contributed by atoms with E-state index in [2.05, 4.69) is 25.2 Å². The van der Waals surface area contributed by atoms with E-state index in [1.54, 1.807) is 31.2 Å². The lowest BCUT2D eigenvalue weighted by atomic mass is 10.1. The number of rotatable bonds is 6. The molecule has 0 spiro atoms. The predicted octanol–water partition coefficient (Wildman–Crippen LogP) is 2.51. The van der Waals surface area contributed by atoms with Crippen LogP contribution in [0, 0.1) is 13.8 Å². The van der Waals surface area contributed by atoms with Crippen molar-refractivity contribution in [3.8, 4) is 0 Å². The van der Waals surface area contributed by atoms with Crippen molar-refractivity contribution in [1.29, 1.82) is 0 Å². The number of nitrogens with zero attached hydrogens (tertiary/aromatic N) is 3. The first-order valence-electron chi connectivity index (χ1n) is 7.89. The van der Waals surface area contributed by atoms with Gasteiger partial charge in [0, 0.05) is 11.4 Å². The normalized spacial score (nSPS) is 12.0. The monoisotopic (exact) mass is 372 g/mol. The summed E-state index contributed by atoms with van der Waals surface area (Å²) in [7, 11) is 1.33. The average molecular weight is 372 g/mol. The molecule has 0 saturated heterocycles. The van der Waals surface area contributed by atoms with E-state index < -0.39 is 11.2 Å². The molecule has 2 rings (SSSR count). The number of nitrogens with one attached hydrogen (secondary N) is 1. The largest absolute Gasteiger partial charge is 0.465 e. The molecule has 1 amide bonds. The molecule has 1 heterocycles. The van der Waals surface area contributed by atoms with E-state index in [0.29, 0.717) is 10.7 Å². The number of carbonyl (C=O) groups is 2. The van der Waals surface area contributed by atoms with Crippen LogP contribution in [0.3, 0.4) is 0 Å². The van der Waals surface area contributed by atoms with Crippen molar-refractivity contribution in [2.45, 2.75) is 31.2 Å². The van der Waals surface area contributed by atoms with Crippen molar-refractivity contribution in [2.75, 3.05) is 7.11 Å². The summed E-state index contributed by atoms with van der Waals surface area (Å²) in [6.45, 7) is 5.54. The average Bonchev–Trinajstić information content (AvgIpc) is 2.60. The molecule has 0 aliphatic rings. The zero-order chi connectivity index (χ0) is 19.1. The minimum absolute atomic E-state index is 0.250. The van der Waals surface area contributed by atoms with E-state index in [4.69, 9.17) is 0 Å². The minimum atomic E-state index is -0.402. The number of hydrazone groups is 1. The Kier molecular flexibility index (Phi) is 6.85. The molecule has 0 saturated carbocycles. The molecule has 1 aromatic carbocycles. The third-order valence-corrected chi connectivity index (χ3v) is 4.29. The van der Waals surface area contributed by atoms with Crippen LogP contribution >= 0.6 is 11.8 Å². The summed E-state index contributed by atoms with van der Waals surface area (Å²) in [5.74, 6) is -0.651. The van der Waals surface area contributed by atoms with Gasteiger partial charge < -0.3 is 4.74 Å². The Morgan fingerprint density at radius 2 is 1.81 bits per heavy atom. The Balaban J connectivity index is 1.90. The summed E-state index contributed by atoms with van der Waals surface area (Å²) in [6.07, 6.45) is 1.50. The summed E-state index contributed by atoms with van der Waals surface area (Å²) >= 11 is 1.27. The molecule has 8 heteroatoms. The van der Waals surface area contributed by atoms with Crippen molar-refractivity contribution < 1.29 is 14.3 Å². The van der Waals surface area contributed by atoms with Crippen LogP contribution in [0.2, 0.25) is 0 Å². The highest BCUT2D eigenvalue weighted by Crippen LogP contribution is 2.20. The molecule has 1 N–H and O–H groups in total. The lowest BCUT2D eigenvalue weighted by Gasteiger charge is -2.09. The van der Waals surface area contributed by atoms with E-state index in [1.165, 1.54) is 25.1 Å². The maximum atomic E-state index is 12.1. The van der Waals surface area contributed by atoms with Crippen molar-refractivity contribution >= 4 is 29.9 Å². The number of aromatic nitrogens is 2. The van der Waals surface area contributed by atoms with Crippen LogP contribution in [-0.2, 0) is 9.53 Å². The zero-order valence-corrected chi connectivity index (χ0v) is 15.8. The Morgan fingerprint density at radius 3 is 2.38 bits per heavy atom. The smallest absolute Gasteiger partial charge is 0.337 e. The van der Waals surface area contributed by atoms with Gasteiger partial charge in [0.1, 0.15) is 0 Å². The first-order chi connectivity index (χ1) is 12.4. The van der Waals surface area contributed by atoms with E-state index in [-0.39, 0.29) is 5.91 Å². The van der Waals surface area contributed by atoms with Gasteiger partial charge in [-0.05, 0) is 44.5 Å². The van der Waals surface area contributed by atoms with E-state index in [1.807, 2.05) is 19.9 Å². The SMILES string of the molecule is COC(=O)c1ccc(C=NNC(=O)C(C)Sc2nc(C)cc(C)n2)cc1. The Labute approximate surface area is 156 Å². The van der Waals surface area contributed by atoms with E-state index in [0.717, 1.165) is 17.0 Å². The first kappa shape index (κ1) is 19.6. The van der Waals surface area contributed by atoms with Gasteiger partial charge in [0.2, 0.25) is 0 Å². The number of methoxy groups -OCH3 is 1. The zero-order valence-electron chi connectivity index (χ0n) is 15.0. The molecule has 136 valence electrons. The number of hydrogen-bond donors (Lipinski definition) is 1. The summed E-state index contributed by atoms with van der Waals surface area (Å²) in [6, 6.07) is 8.56. The minimum Gasteiger partial charge on any atom is -0.465 e. The van der Waals surface area contributed by atoms with Crippen molar-refractivity contribution in [3.05, 3.63) is 52.8 Å². The van der Waals surface area contributed by atoms with Crippen LogP contribution in [0.15, 0.2) is 40.6 Å². The molecule has 0 aliphatic heterocycles. The van der Waals surface area contributed by atoms with Gasteiger partial charge in [0.15, 0.2) is 5.16 Å². The van der Waals surface area contributed by atoms with Gasteiger partial charge in [-0.25, -0.2) is 20.2 Å². The van der Waals surface area contributed by atoms with Crippen LogP contribution in [0.1, 0.15) is 34.2 Å². The quantitative estimate of drug-likeness (QED) is 0.275. The highest BCUT2D eigenvalue weighted by Gasteiger charge is 2.15. The second-order valence-corrected chi connectivity index (χ2v) is 6.85. The van der Waals surface area contributed by atoms with Crippen LogP contribution in [0.4, 0.5) is 0 Å². The van der Waals surface area contributed by atoms with Crippen molar-refractivity contribution in [3.63, 3.8) is 0 Å². The second kappa shape index (κ2) is 9.10. The fourth-order valence-corrected chi connectivity index (χ4v) is 2.91. The molecule has 0 fully saturated rings. The van der Waals surface area contributed by atoms with Gasteiger partial charge in [-0.3, -0.25) is 4.79 Å². The van der Waals surface area contributed by atoms with Gasteiger partial charge in [-0.15, -0.1) is 0 Å². The number of benzene rings is 1. The molecule has 2 aromatic rings. The van der Waals surface area contributed by atoms with Gasteiger partial charge >= 0.3 is 5.97 Å². The van der Waals surface area contributed by atoms with Crippen LogP contribution < -0.4 is 5.43 Å². The lowest BCUT2D eigenvalue weighted by molar-refractivity contribution is -0.120. The second-order valence-electron chi connectivity index (χ2n) is 5.54. The molecule has 1 unspecified atom stereocenters. The fourth-order valence-electron chi connectivity index (χ4n) is 2.04. The first-order valence-corrected chi connectivity index (χ1v) is 8.77. The standard InChI is InChI=1S/C18H20N4O3S/c1-11-9-12(2)21-18(20-11)26-13(3)16(23)22-19-10-14-5-7-15(8-6-14)17(24)25-4/h5-10,13H,1-4H3,(H,22,23). The Bertz CT molecular complexity index is 801. The number of thioether (sulfide) groups is 1. The van der Waals surface area contributed by atoms with Crippen molar-refractivity contribution in [2.24, 2.45) is 5.10 Å². The molecular weight excluding hydrogens is 352 g/mol. The van der Waals surface area contributed by atoms with Crippen molar-refractivity contribution in [1.82, 2.24) is 15.4 Å².